The van der Waals surface area contributed by atoms with Gasteiger partial charge in [0.15, 0.2) is 5.15 Å². The van der Waals surface area contributed by atoms with Gasteiger partial charge in [0.25, 0.3) is 0 Å². The van der Waals surface area contributed by atoms with Crippen LogP contribution >= 0.6 is 11.6 Å². The normalized spacial score (nSPS) is 12.9. The van der Waals surface area contributed by atoms with Gasteiger partial charge in [0.2, 0.25) is 0 Å². The van der Waals surface area contributed by atoms with E-state index in [0.717, 1.165) is 6.42 Å². The first-order valence-electron chi connectivity index (χ1n) is 3.90. The maximum atomic E-state index is 9.51. The van der Waals surface area contributed by atoms with Crippen molar-refractivity contribution < 1.29 is 5.11 Å². The van der Waals surface area contributed by atoms with Gasteiger partial charge < -0.3 is 5.11 Å². The highest BCUT2D eigenvalue weighted by Crippen LogP contribution is 2.21. The van der Waals surface area contributed by atoms with Crippen molar-refractivity contribution in [2.75, 3.05) is 0 Å². The Morgan fingerprint density at radius 3 is 2.75 bits per heavy atom. The topological polar surface area (TPSA) is 46.0 Å². The van der Waals surface area contributed by atoms with Crippen LogP contribution in [0.5, 0.6) is 0 Å². The van der Waals surface area contributed by atoms with Crippen molar-refractivity contribution in [3.63, 3.8) is 0 Å². The highest BCUT2D eigenvalue weighted by Gasteiger charge is 2.11. The number of halogens is 1. The van der Waals surface area contributed by atoms with Gasteiger partial charge in [0.05, 0.1) is 6.10 Å². The van der Waals surface area contributed by atoms with Gasteiger partial charge >= 0.3 is 0 Å². The van der Waals surface area contributed by atoms with Crippen LogP contribution in [0.1, 0.15) is 31.6 Å². The molecule has 12 heavy (non-hydrogen) atoms. The molecule has 0 radical (unpaired) electrons. The Kier molecular flexibility index (Phi) is 3.44. The minimum Gasteiger partial charge on any atom is -0.387 e. The predicted molar refractivity (Wildman–Crippen MR) is 46.9 cm³/mol. The van der Waals surface area contributed by atoms with E-state index in [1.807, 2.05) is 6.92 Å². The van der Waals surface area contributed by atoms with Crippen molar-refractivity contribution in [3.05, 3.63) is 23.2 Å². The van der Waals surface area contributed by atoms with Crippen molar-refractivity contribution in [2.45, 2.75) is 25.9 Å². The third-order valence-electron chi connectivity index (χ3n) is 1.56. The highest BCUT2D eigenvalue weighted by molar-refractivity contribution is 6.30. The van der Waals surface area contributed by atoms with Crippen LogP contribution in [-0.2, 0) is 0 Å². The maximum absolute atomic E-state index is 9.51. The van der Waals surface area contributed by atoms with Crippen molar-refractivity contribution in [2.24, 2.45) is 0 Å². The standard InChI is InChI=1S/C8H11ClN2O/c1-2-3-6(12)7-8(9)11-5-4-10-7/h4-6,12H,2-3H2,1H3/t6-/m1/s1. The Morgan fingerprint density at radius 2 is 2.17 bits per heavy atom. The zero-order valence-electron chi connectivity index (χ0n) is 6.87. The van der Waals surface area contributed by atoms with Crippen molar-refractivity contribution in [1.29, 1.82) is 0 Å². The minimum atomic E-state index is -0.587. The van der Waals surface area contributed by atoms with Gasteiger partial charge in [-0.25, -0.2) is 4.98 Å². The monoisotopic (exact) mass is 186 g/mol. The van der Waals surface area contributed by atoms with Gasteiger partial charge in [-0.1, -0.05) is 24.9 Å². The molecule has 0 aliphatic carbocycles. The molecule has 0 aromatic carbocycles. The molecule has 1 rings (SSSR count). The van der Waals surface area contributed by atoms with Crippen LogP contribution in [0, 0.1) is 0 Å². The molecule has 66 valence electrons. The first-order chi connectivity index (χ1) is 5.75. The van der Waals surface area contributed by atoms with Crippen molar-refractivity contribution in [3.8, 4) is 0 Å². The molecule has 4 heteroatoms. The molecule has 0 aliphatic rings. The van der Waals surface area contributed by atoms with E-state index in [1.54, 1.807) is 0 Å². The van der Waals surface area contributed by atoms with E-state index < -0.39 is 6.10 Å². The molecule has 0 saturated carbocycles. The van der Waals surface area contributed by atoms with Gasteiger partial charge in [0.1, 0.15) is 5.69 Å². The molecule has 1 heterocycles. The van der Waals surface area contributed by atoms with Crippen molar-refractivity contribution in [1.82, 2.24) is 9.97 Å². The summed E-state index contributed by atoms with van der Waals surface area (Å²) in [6.45, 7) is 1.99. The summed E-state index contributed by atoms with van der Waals surface area (Å²) in [5.74, 6) is 0. The summed E-state index contributed by atoms with van der Waals surface area (Å²) in [5.41, 5.74) is 0.473. The molecular weight excluding hydrogens is 176 g/mol. The number of hydrogen-bond acceptors (Lipinski definition) is 3. The Balaban J connectivity index is 2.79. The molecule has 1 aromatic heterocycles. The van der Waals surface area contributed by atoms with Gasteiger partial charge in [0, 0.05) is 12.4 Å². The predicted octanol–water partition coefficient (Wildman–Crippen LogP) is 1.96. The lowest BCUT2D eigenvalue weighted by molar-refractivity contribution is 0.161. The summed E-state index contributed by atoms with van der Waals surface area (Å²) in [6, 6.07) is 0. The fraction of sp³-hybridized carbons (Fsp3) is 0.500. The number of rotatable bonds is 3. The maximum Gasteiger partial charge on any atom is 0.153 e. The van der Waals surface area contributed by atoms with E-state index in [0.29, 0.717) is 17.3 Å². The summed E-state index contributed by atoms with van der Waals surface area (Å²) in [4.78, 5) is 7.78. The largest absolute Gasteiger partial charge is 0.387 e. The number of nitrogens with zero attached hydrogens (tertiary/aromatic N) is 2. The first-order valence-corrected chi connectivity index (χ1v) is 4.28. The first kappa shape index (κ1) is 9.42. The molecule has 1 atom stereocenters. The second-order valence-corrected chi connectivity index (χ2v) is 2.89. The quantitative estimate of drug-likeness (QED) is 0.785. The molecule has 0 spiro atoms. The van der Waals surface area contributed by atoms with Gasteiger partial charge in [-0.3, -0.25) is 4.98 Å². The minimum absolute atomic E-state index is 0.290. The van der Waals surface area contributed by atoms with E-state index in [2.05, 4.69) is 9.97 Å². The van der Waals surface area contributed by atoms with E-state index >= 15 is 0 Å². The number of aliphatic hydroxyl groups is 1. The molecule has 0 unspecified atom stereocenters. The Hall–Kier alpha value is -0.670. The van der Waals surface area contributed by atoms with Crippen LogP contribution < -0.4 is 0 Å². The molecule has 1 aromatic rings. The Bertz CT molecular complexity index is 255. The molecule has 0 fully saturated rings. The molecule has 0 bridgehead atoms. The number of hydrogen-bond donors (Lipinski definition) is 1. The molecule has 0 saturated heterocycles. The summed E-state index contributed by atoms with van der Waals surface area (Å²) < 4.78 is 0. The fourth-order valence-corrected chi connectivity index (χ4v) is 1.20. The molecule has 1 N–H and O–H groups in total. The van der Waals surface area contributed by atoms with Crippen LogP contribution in [0.3, 0.4) is 0 Å². The lowest BCUT2D eigenvalue weighted by Gasteiger charge is -2.08. The average Bonchev–Trinajstić information content (AvgIpc) is 2.05. The zero-order chi connectivity index (χ0) is 8.97. The smallest absolute Gasteiger partial charge is 0.153 e. The van der Waals surface area contributed by atoms with E-state index in [-0.39, 0.29) is 0 Å². The second-order valence-electron chi connectivity index (χ2n) is 2.54. The lowest BCUT2D eigenvalue weighted by atomic mass is 10.1. The SMILES string of the molecule is CCC[C@@H](O)c1nccnc1Cl. The van der Waals surface area contributed by atoms with E-state index in [4.69, 9.17) is 11.6 Å². The summed E-state index contributed by atoms with van der Waals surface area (Å²) in [6.07, 6.45) is 4.01. The summed E-state index contributed by atoms with van der Waals surface area (Å²) >= 11 is 5.72. The Morgan fingerprint density at radius 1 is 1.50 bits per heavy atom. The van der Waals surface area contributed by atoms with Crippen LogP contribution in [0.25, 0.3) is 0 Å². The number of aromatic nitrogens is 2. The van der Waals surface area contributed by atoms with Crippen LogP contribution in [-0.4, -0.2) is 15.1 Å². The molecule has 3 nitrogen and oxygen atoms in total. The van der Waals surface area contributed by atoms with Crippen LogP contribution in [0.4, 0.5) is 0 Å². The third kappa shape index (κ3) is 2.16. The van der Waals surface area contributed by atoms with Crippen LogP contribution in [0.15, 0.2) is 12.4 Å². The number of aliphatic hydroxyl groups excluding tert-OH is 1. The lowest BCUT2D eigenvalue weighted by Crippen LogP contribution is -2.01. The second kappa shape index (κ2) is 4.38. The average molecular weight is 187 g/mol. The van der Waals surface area contributed by atoms with E-state index in [1.165, 1.54) is 12.4 Å². The van der Waals surface area contributed by atoms with Crippen molar-refractivity contribution >= 4 is 11.6 Å². The van der Waals surface area contributed by atoms with E-state index in [9.17, 15) is 5.11 Å². The van der Waals surface area contributed by atoms with Gasteiger partial charge in [-0.15, -0.1) is 0 Å². The third-order valence-corrected chi connectivity index (χ3v) is 1.85. The zero-order valence-corrected chi connectivity index (χ0v) is 7.62. The van der Waals surface area contributed by atoms with Gasteiger partial charge in [-0.05, 0) is 6.42 Å². The Labute approximate surface area is 76.4 Å². The molecule has 0 amide bonds. The van der Waals surface area contributed by atoms with Crippen LogP contribution in [0.2, 0.25) is 5.15 Å². The molecule has 0 aliphatic heterocycles. The fourth-order valence-electron chi connectivity index (χ4n) is 0.965. The molecular formula is C8H11ClN2O. The summed E-state index contributed by atoms with van der Waals surface area (Å²) in [5, 5.41) is 9.80. The highest BCUT2D eigenvalue weighted by atomic mass is 35.5. The van der Waals surface area contributed by atoms with Gasteiger partial charge in [-0.2, -0.15) is 0 Å². The summed E-state index contributed by atoms with van der Waals surface area (Å²) in [7, 11) is 0.